The van der Waals surface area contributed by atoms with E-state index in [1.807, 2.05) is 26.0 Å². The average molecular weight is 259 g/mol. The van der Waals surface area contributed by atoms with Crippen LogP contribution in [0.3, 0.4) is 0 Å². The summed E-state index contributed by atoms with van der Waals surface area (Å²) in [5.41, 5.74) is 1.64. The number of aromatic nitrogens is 3. The quantitative estimate of drug-likeness (QED) is 0.771. The van der Waals surface area contributed by atoms with E-state index in [9.17, 15) is 4.79 Å². The Labute approximate surface area is 112 Å². The number of hydrogen-bond donors (Lipinski definition) is 0. The summed E-state index contributed by atoms with van der Waals surface area (Å²) < 4.78 is 6.98. The van der Waals surface area contributed by atoms with Crippen LogP contribution in [0.4, 0.5) is 0 Å². The van der Waals surface area contributed by atoms with Crippen molar-refractivity contribution >= 4 is 5.78 Å². The van der Waals surface area contributed by atoms with E-state index in [1.165, 1.54) is 6.33 Å². The summed E-state index contributed by atoms with van der Waals surface area (Å²) >= 11 is 0. The second kappa shape index (κ2) is 5.65. The normalized spacial score (nSPS) is 10.5. The van der Waals surface area contributed by atoms with Crippen molar-refractivity contribution in [3.63, 3.8) is 0 Å². The molecule has 0 spiro atoms. The molecule has 2 rings (SSSR count). The summed E-state index contributed by atoms with van der Waals surface area (Å²) in [7, 11) is 1.57. The maximum Gasteiger partial charge on any atom is 0.174 e. The summed E-state index contributed by atoms with van der Waals surface area (Å²) in [6.07, 6.45) is 1.70. The third-order valence-electron chi connectivity index (χ3n) is 2.97. The fourth-order valence-corrected chi connectivity index (χ4v) is 1.96. The molecular weight excluding hydrogens is 242 g/mol. The summed E-state index contributed by atoms with van der Waals surface area (Å²) in [4.78, 5) is 16.4. The number of Topliss-reactive ketones (excluding diaryl/α,β-unsaturated/α-hetero) is 1. The number of ether oxygens (including phenoxy) is 1. The highest BCUT2D eigenvalue weighted by molar-refractivity contribution is 5.99. The molecule has 0 atom stereocenters. The van der Waals surface area contributed by atoms with Gasteiger partial charge in [0.2, 0.25) is 0 Å². The Balaban J connectivity index is 2.25. The van der Waals surface area contributed by atoms with E-state index in [0.29, 0.717) is 23.7 Å². The van der Waals surface area contributed by atoms with Gasteiger partial charge < -0.3 is 4.74 Å². The lowest BCUT2D eigenvalue weighted by molar-refractivity contribution is 0.0986. The van der Waals surface area contributed by atoms with Crippen LogP contribution in [0.2, 0.25) is 0 Å². The number of nitrogens with zero attached hydrogens (tertiary/aromatic N) is 3. The molecule has 0 fully saturated rings. The van der Waals surface area contributed by atoms with Crippen molar-refractivity contribution in [2.45, 2.75) is 26.8 Å². The van der Waals surface area contributed by atoms with Crippen LogP contribution >= 0.6 is 0 Å². The molecule has 0 radical (unpaired) electrons. The number of ketones is 1. The number of hydrogen-bond acceptors (Lipinski definition) is 4. The highest BCUT2D eigenvalue weighted by Crippen LogP contribution is 2.21. The molecule has 5 heteroatoms. The van der Waals surface area contributed by atoms with Crippen molar-refractivity contribution in [2.75, 3.05) is 7.11 Å². The molecule has 1 heterocycles. The van der Waals surface area contributed by atoms with E-state index in [-0.39, 0.29) is 12.2 Å². The maximum atomic E-state index is 12.3. The highest BCUT2D eigenvalue weighted by Gasteiger charge is 2.15. The molecular formula is C14H17N3O2. The van der Waals surface area contributed by atoms with Crippen molar-refractivity contribution in [1.82, 2.24) is 14.8 Å². The predicted molar refractivity (Wildman–Crippen MR) is 71.5 cm³/mol. The van der Waals surface area contributed by atoms with E-state index in [2.05, 4.69) is 10.1 Å². The van der Waals surface area contributed by atoms with E-state index in [4.69, 9.17) is 4.74 Å². The SMILES string of the molecule is CCn1ncnc1CC(=O)c1ccc(C)cc1OC. The van der Waals surface area contributed by atoms with E-state index in [1.54, 1.807) is 17.9 Å². The minimum atomic E-state index is -0.0143. The molecule has 0 aliphatic rings. The Hall–Kier alpha value is -2.17. The van der Waals surface area contributed by atoms with Crippen LogP contribution in [-0.2, 0) is 13.0 Å². The molecule has 5 nitrogen and oxygen atoms in total. The van der Waals surface area contributed by atoms with Gasteiger partial charge in [-0.1, -0.05) is 6.07 Å². The van der Waals surface area contributed by atoms with Gasteiger partial charge in [0.15, 0.2) is 5.78 Å². The van der Waals surface area contributed by atoms with E-state index < -0.39 is 0 Å². The number of rotatable bonds is 5. The van der Waals surface area contributed by atoms with Crippen LogP contribution in [0, 0.1) is 6.92 Å². The summed E-state index contributed by atoms with van der Waals surface area (Å²) in [5.74, 6) is 1.27. The van der Waals surface area contributed by atoms with Crippen molar-refractivity contribution in [2.24, 2.45) is 0 Å². The summed E-state index contributed by atoms with van der Waals surface area (Å²) in [5, 5.41) is 4.06. The van der Waals surface area contributed by atoms with Gasteiger partial charge >= 0.3 is 0 Å². The molecule has 19 heavy (non-hydrogen) atoms. The Morgan fingerprint density at radius 3 is 2.89 bits per heavy atom. The first-order chi connectivity index (χ1) is 9.15. The molecule has 0 saturated carbocycles. The predicted octanol–water partition coefficient (Wildman–Crippen LogP) is 2.04. The molecule has 0 N–H and O–H groups in total. The Morgan fingerprint density at radius 1 is 1.42 bits per heavy atom. The largest absolute Gasteiger partial charge is 0.496 e. The van der Waals surface area contributed by atoms with Crippen LogP contribution in [0.25, 0.3) is 0 Å². The minimum Gasteiger partial charge on any atom is -0.496 e. The van der Waals surface area contributed by atoms with E-state index >= 15 is 0 Å². The zero-order chi connectivity index (χ0) is 13.8. The number of carbonyl (C=O) groups excluding carboxylic acids is 1. The average Bonchev–Trinajstić information content (AvgIpc) is 2.85. The second-order valence-corrected chi connectivity index (χ2v) is 4.30. The molecule has 0 unspecified atom stereocenters. The molecule has 1 aromatic carbocycles. The fourth-order valence-electron chi connectivity index (χ4n) is 1.96. The minimum absolute atomic E-state index is 0.0143. The van der Waals surface area contributed by atoms with Crippen LogP contribution in [0.5, 0.6) is 5.75 Å². The third-order valence-corrected chi connectivity index (χ3v) is 2.97. The monoisotopic (exact) mass is 259 g/mol. The molecule has 0 bridgehead atoms. The topological polar surface area (TPSA) is 57.0 Å². The number of aryl methyl sites for hydroxylation is 2. The van der Waals surface area contributed by atoms with Gasteiger partial charge in [0.25, 0.3) is 0 Å². The molecule has 0 aliphatic carbocycles. The van der Waals surface area contributed by atoms with Crippen LogP contribution in [0.15, 0.2) is 24.5 Å². The second-order valence-electron chi connectivity index (χ2n) is 4.30. The van der Waals surface area contributed by atoms with Gasteiger partial charge in [-0.15, -0.1) is 0 Å². The lowest BCUT2D eigenvalue weighted by Gasteiger charge is -2.08. The van der Waals surface area contributed by atoms with Crippen molar-refractivity contribution in [3.05, 3.63) is 41.5 Å². The fraction of sp³-hybridized carbons (Fsp3) is 0.357. The van der Waals surface area contributed by atoms with Gasteiger partial charge in [-0.2, -0.15) is 5.10 Å². The van der Waals surface area contributed by atoms with Gasteiger partial charge in [0, 0.05) is 6.54 Å². The van der Waals surface area contributed by atoms with Gasteiger partial charge in [0.1, 0.15) is 17.9 Å². The zero-order valence-electron chi connectivity index (χ0n) is 11.4. The first-order valence-corrected chi connectivity index (χ1v) is 6.20. The van der Waals surface area contributed by atoms with Crippen molar-refractivity contribution < 1.29 is 9.53 Å². The first kappa shape index (κ1) is 13.3. The van der Waals surface area contributed by atoms with Crippen molar-refractivity contribution in [3.8, 4) is 5.75 Å². The van der Waals surface area contributed by atoms with Crippen LogP contribution in [0.1, 0.15) is 28.7 Å². The highest BCUT2D eigenvalue weighted by atomic mass is 16.5. The Kier molecular flexibility index (Phi) is 3.94. The number of benzene rings is 1. The molecule has 1 aromatic heterocycles. The standard InChI is InChI=1S/C14H17N3O2/c1-4-17-14(15-9-16-17)8-12(18)11-6-5-10(2)7-13(11)19-3/h5-7,9H,4,8H2,1-3H3. The smallest absolute Gasteiger partial charge is 0.174 e. The maximum absolute atomic E-state index is 12.3. The Morgan fingerprint density at radius 2 is 2.21 bits per heavy atom. The zero-order valence-corrected chi connectivity index (χ0v) is 11.4. The summed E-state index contributed by atoms with van der Waals surface area (Å²) in [6.45, 7) is 4.63. The van der Waals surface area contributed by atoms with Crippen molar-refractivity contribution in [1.29, 1.82) is 0 Å². The Bertz CT molecular complexity index is 590. The molecule has 0 saturated heterocycles. The van der Waals surface area contributed by atoms with Gasteiger partial charge in [0.05, 0.1) is 19.1 Å². The van der Waals surface area contributed by atoms with Gasteiger partial charge in [-0.3, -0.25) is 4.79 Å². The molecule has 100 valence electrons. The molecule has 0 aliphatic heterocycles. The van der Waals surface area contributed by atoms with E-state index in [0.717, 1.165) is 5.56 Å². The molecule has 2 aromatic rings. The lowest BCUT2D eigenvalue weighted by Crippen LogP contribution is -2.11. The number of carbonyl (C=O) groups is 1. The first-order valence-electron chi connectivity index (χ1n) is 6.20. The van der Waals surface area contributed by atoms with Crippen LogP contribution in [-0.4, -0.2) is 27.7 Å². The van der Waals surface area contributed by atoms with Gasteiger partial charge in [-0.05, 0) is 31.5 Å². The van der Waals surface area contributed by atoms with Crippen LogP contribution < -0.4 is 4.74 Å². The third kappa shape index (κ3) is 2.81. The lowest BCUT2D eigenvalue weighted by atomic mass is 10.0. The van der Waals surface area contributed by atoms with Gasteiger partial charge in [-0.25, -0.2) is 9.67 Å². The molecule has 0 amide bonds. The number of methoxy groups -OCH3 is 1. The summed E-state index contributed by atoms with van der Waals surface area (Å²) in [6, 6.07) is 5.56.